The first-order valence-corrected chi connectivity index (χ1v) is 5.27. The van der Waals surface area contributed by atoms with Crippen molar-refractivity contribution in [1.82, 2.24) is 10.6 Å². The molecule has 0 unspecified atom stereocenters. The van der Waals surface area contributed by atoms with Crippen molar-refractivity contribution < 1.29 is 19.5 Å². The first kappa shape index (κ1) is 15.4. The molecule has 0 spiro atoms. The summed E-state index contributed by atoms with van der Waals surface area (Å²) in [5.41, 5.74) is 4.00. The predicted octanol–water partition coefficient (Wildman–Crippen LogP) is -1.18. The fourth-order valence-corrected chi connectivity index (χ4v) is 1.26. The van der Waals surface area contributed by atoms with Gasteiger partial charge in [-0.15, -0.1) is 0 Å². The highest BCUT2D eigenvalue weighted by Crippen LogP contribution is 2.03. The molecular weight excluding hydrogens is 226 g/mol. The zero-order chi connectivity index (χ0) is 13.6. The van der Waals surface area contributed by atoms with Crippen LogP contribution in [0.4, 0.5) is 0 Å². The Hall–Kier alpha value is -1.63. The molecule has 0 aliphatic carbocycles. The van der Waals surface area contributed by atoms with E-state index in [-0.39, 0.29) is 0 Å². The van der Waals surface area contributed by atoms with Crippen molar-refractivity contribution in [1.29, 1.82) is 0 Å². The molecule has 0 aromatic carbocycles. The Morgan fingerprint density at radius 1 is 1.35 bits per heavy atom. The average Bonchev–Trinajstić information content (AvgIpc) is 2.15. The Morgan fingerprint density at radius 2 is 1.88 bits per heavy atom. The van der Waals surface area contributed by atoms with Crippen LogP contribution in [0, 0.1) is 0 Å². The smallest absolute Gasteiger partial charge is 0.326 e. The molecule has 0 aliphatic heterocycles. The first-order valence-electron chi connectivity index (χ1n) is 5.27. The lowest BCUT2D eigenvalue weighted by atomic mass is 10.0. The fraction of sp³-hybridized carbons (Fsp3) is 0.700. The first-order chi connectivity index (χ1) is 7.70. The molecule has 0 aliphatic rings. The Labute approximate surface area is 99.7 Å². The number of carbonyl (C=O) groups excluding carboxylic acids is 2. The van der Waals surface area contributed by atoms with E-state index in [1.807, 2.05) is 6.92 Å². The zero-order valence-electron chi connectivity index (χ0n) is 10.2. The third kappa shape index (κ3) is 5.30. The van der Waals surface area contributed by atoms with Gasteiger partial charge in [0.25, 0.3) is 0 Å². The maximum Gasteiger partial charge on any atom is 0.326 e. The molecule has 2 amide bonds. The molecule has 0 rings (SSSR count). The number of nitrogens with two attached hydrogens (primary N) is 1. The number of primary amides is 1. The topological polar surface area (TPSA) is 122 Å². The summed E-state index contributed by atoms with van der Waals surface area (Å²) in [5.74, 6) is -2.56. The van der Waals surface area contributed by atoms with E-state index in [1.165, 1.54) is 0 Å². The summed E-state index contributed by atoms with van der Waals surface area (Å²) in [5, 5.41) is 14.0. The Morgan fingerprint density at radius 3 is 2.24 bits per heavy atom. The molecule has 0 fully saturated rings. The van der Waals surface area contributed by atoms with Crippen molar-refractivity contribution >= 4 is 17.8 Å². The highest BCUT2D eigenvalue weighted by molar-refractivity contribution is 5.91. The zero-order valence-corrected chi connectivity index (χ0v) is 10.2. The van der Waals surface area contributed by atoms with Gasteiger partial charge >= 0.3 is 5.97 Å². The third-order valence-electron chi connectivity index (χ3n) is 2.20. The maximum atomic E-state index is 11.8. The van der Waals surface area contributed by atoms with Crippen LogP contribution in [-0.4, -0.2) is 41.0 Å². The van der Waals surface area contributed by atoms with Crippen molar-refractivity contribution in [2.45, 2.75) is 38.8 Å². The van der Waals surface area contributed by atoms with Gasteiger partial charge in [0.1, 0.15) is 6.04 Å². The second-order valence-electron chi connectivity index (χ2n) is 4.19. The molecule has 0 saturated heterocycles. The van der Waals surface area contributed by atoms with Gasteiger partial charge < -0.3 is 21.5 Å². The maximum absolute atomic E-state index is 11.8. The standard InChI is InChI=1S/C10H19N3O4/c1-4-12-10(2,3)9(17)13-6(8(15)16)5-7(11)14/h6,12H,4-5H2,1-3H3,(H2,11,14)(H,13,17)(H,15,16)/t6-/m1/s1. The predicted molar refractivity (Wildman–Crippen MR) is 61.1 cm³/mol. The molecule has 5 N–H and O–H groups in total. The van der Waals surface area contributed by atoms with Crippen LogP contribution in [0.5, 0.6) is 0 Å². The number of carboxylic acids is 1. The van der Waals surface area contributed by atoms with Crippen molar-refractivity contribution in [3.8, 4) is 0 Å². The fourth-order valence-electron chi connectivity index (χ4n) is 1.26. The van der Waals surface area contributed by atoms with Crippen LogP contribution in [0.2, 0.25) is 0 Å². The normalized spacial score (nSPS) is 12.9. The Kier molecular flexibility index (Phi) is 5.60. The summed E-state index contributed by atoms with van der Waals surface area (Å²) in [6.07, 6.45) is -0.427. The van der Waals surface area contributed by atoms with E-state index in [0.717, 1.165) is 0 Å². The summed E-state index contributed by atoms with van der Waals surface area (Å²) in [6, 6.07) is -1.29. The molecular formula is C10H19N3O4. The number of rotatable bonds is 7. The Balaban J connectivity index is 4.60. The van der Waals surface area contributed by atoms with Gasteiger partial charge in [-0.05, 0) is 20.4 Å². The van der Waals surface area contributed by atoms with Crippen LogP contribution in [0.15, 0.2) is 0 Å². The third-order valence-corrected chi connectivity index (χ3v) is 2.20. The number of carbonyl (C=O) groups is 3. The lowest BCUT2D eigenvalue weighted by molar-refractivity contribution is -0.144. The number of likely N-dealkylation sites (N-methyl/N-ethyl adjacent to an activating group) is 1. The second kappa shape index (κ2) is 6.19. The molecule has 0 bridgehead atoms. The van der Waals surface area contributed by atoms with Gasteiger partial charge in [-0.1, -0.05) is 6.92 Å². The number of nitrogens with one attached hydrogen (secondary N) is 2. The van der Waals surface area contributed by atoms with E-state index >= 15 is 0 Å². The minimum Gasteiger partial charge on any atom is -0.480 e. The molecule has 0 aromatic rings. The molecule has 0 aromatic heterocycles. The molecule has 1 atom stereocenters. The number of amides is 2. The number of hydrogen-bond donors (Lipinski definition) is 4. The van der Waals surface area contributed by atoms with Gasteiger partial charge in [-0.25, -0.2) is 4.79 Å². The molecule has 0 radical (unpaired) electrons. The molecule has 7 heteroatoms. The average molecular weight is 245 g/mol. The van der Waals surface area contributed by atoms with Crippen LogP contribution in [0.3, 0.4) is 0 Å². The number of carboxylic acid groups (broad SMARTS) is 1. The molecule has 17 heavy (non-hydrogen) atoms. The minimum atomic E-state index is -1.29. The second-order valence-corrected chi connectivity index (χ2v) is 4.19. The molecule has 98 valence electrons. The number of aliphatic carboxylic acids is 1. The lowest BCUT2D eigenvalue weighted by Crippen LogP contribution is -2.56. The van der Waals surface area contributed by atoms with E-state index in [1.54, 1.807) is 13.8 Å². The SMILES string of the molecule is CCNC(C)(C)C(=O)N[C@H](CC(N)=O)C(=O)O. The molecule has 0 heterocycles. The summed E-state index contributed by atoms with van der Waals surface area (Å²) in [7, 11) is 0. The quantitative estimate of drug-likeness (QED) is 0.450. The van der Waals surface area contributed by atoms with E-state index in [2.05, 4.69) is 10.6 Å². The highest BCUT2D eigenvalue weighted by atomic mass is 16.4. The van der Waals surface area contributed by atoms with Gasteiger partial charge in [-0.2, -0.15) is 0 Å². The van der Waals surface area contributed by atoms with Crippen LogP contribution in [0.25, 0.3) is 0 Å². The van der Waals surface area contributed by atoms with Gasteiger partial charge in [0.2, 0.25) is 11.8 Å². The summed E-state index contributed by atoms with van der Waals surface area (Å²) in [6.45, 7) is 5.63. The van der Waals surface area contributed by atoms with Crippen molar-refractivity contribution in [3.05, 3.63) is 0 Å². The Bertz CT molecular complexity index is 315. The van der Waals surface area contributed by atoms with Gasteiger partial charge in [0.15, 0.2) is 0 Å². The van der Waals surface area contributed by atoms with E-state index in [0.29, 0.717) is 6.54 Å². The van der Waals surface area contributed by atoms with Crippen LogP contribution < -0.4 is 16.4 Å². The van der Waals surface area contributed by atoms with Gasteiger partial charge in [0, 0.05) is 0 Å². The lowest BCUT2D eigenvalue weighted by Gasteiger charge is -2.26. The van der Waals surface area contributed by atoms with Crippen LogP contribution >= 0.6 is 0 Å². The van der Waals surface area contributed by atoms with Crippen molar-refractivity contribution in [2.24, 2.45) is 5.73 Å². The summed E-state index contributed by atoms with van der Waals surface area (Å²) >= 11 is 0. The van der Waals surface area contributed by atoms with Gasteiger partial charge in [-0.3, -0.25) is 9.59 Å². The molecule has 0 saturated carbocycles. The van der Waals surface area contributed by atoms with E-state index in [4.69, 9.17) is 10.8 Å². The monoisotopic (exact) mass is 245 g/mol. The van der Waals surface area contributed by atoms with Crippen molar-refractivity contribution in [2.75, 3.05) is 6.54 Å². The summed E-state index contributed by atoms with van der Waals surface area (Å²) < 4.78 is 0. The highest BCUT2D eigenvalue weighted by Gasteiger charge is 2.31. The largest absolute Gasteiger partial charge is 0.480 e. The van der Waals surface area contributed by atoms with Gasteiger partial charge in [0.05, 0.1) is 12.0 Å². The number of hydrogen-bond acceptors (Lipinski definition) is 4. The van der Waals surface area contributed by atoms with E-state index < -0.39 is 35.8 Å². The molecule has 7 nitrogen and oxygen atoms in total. The van der Waals surface area contributed by atoms with Crippen molar-refractivity contribution in [3.63, 3.8) is 0 Å². The van der Waals surface area contributed by atoms with Crippen LogP contribution in [-0.2, 0) is 14.4 Å². The summed E-state index contributed by atoms with van der Waals surface area (Å²) in [4.78, 5) is 33.2. The minimum absolute atomic E-state index is 0.427. The van der Waals surface area contributed by atoms with Crippen LogP contribution in [0.1, 0.15) is 27.2 Å². The van der Waals surface area contributed by atoms with E-state index in [9.17, 15) is 14.4 Å².